The van der Waals surface area contributed by atoms with Crippen LogP contribution in [0.25, 0.3) is 21.9 Å². The van der Waals surface area contributed by atoms with Crippen molar-refractivity contribution in [2.24, 2.45) is 0 Å². The molecule has 0 fully saturated rings. The van der Waals surface area contributed by atoms with E-state index in [0.717, 1.165) is 33.3 Å². The molecular weight excluding hydrogens is 326 g/mol. The summed E-state index contributed by atoms with van der Waals surface area (Å²) in [6.07, 6.45) is 6.72. The third-order valence-corrected chi connectivity index (χ3v) is 4.27. The molecule has 1 N–H and O–H groups in total. The maximum atomic E-state index is 12.7. The monoisotopic (exact) mass is 343 g/mol. The van der Waals surface area contributed by atoms with E-state index in [9.17, 15) is 4.79 Å². The summed E-state index contributed by atoms with van der Waals surface area (Å²) in [5.41, 5.74) is 4.23. The first kappa shape index (κ1) is 16.0. The van der Waals surface area contributed by atoms with Crippen LogP contribution in [0.3, 0.4) is 0 Å². The Labute approximate surface area is 150 Å². The van der Waals surface area contributed by atoms with Crippen LogP contribution in [0.5, 0.6) is 0 Å². The van der Waals surface area contributed by atoms with Gasteiger partial charge >= 0.3 is 0 Å². The van der Waals surface area contributed by atoms with Gasteiger partial charge in [0.15, 0.2) is 0 Å². The Morgan fingerprint density at radius 3 is 2.62 bits per heavy atom. The minimum absolute atomic E-state index is 0.137. The molecule has 0 atom stereocenters. The van der Waals surface area contributed by atoms with Gasteiger partial charge in [0.25, 0.3) is 5.91 Å². The predicted octanol–water partition coefficient (Wildman–Crippen LogP) is 4.13. The van der Waals surface area contributed by atoms with Gasteiger partial charge in [-0.15, -0.1) is 0 Å². The van der Waals surface area contributed by atoms with Crippen LogP contribution in [0, 0.1) is 6.92 Å². The SMILES string of the molecule is Cc1cnc(CNC(=O)c2ccc(-c3ccoc3)c3ccccc23)cn1. The van der Waals surface area contributed by atoms with Crippen LogP contribution < -0.4 is 5.32 Å². The summed E-state index contributed by atoms with van der Waals surface area (Å²) >= 11 is 0. The van der Waals surface area contributed by atoms with Crippen molar-refractivity contribution < 1.29 is 9.21 Å². The smallest absolute Gasteiger partial charge is 0.252 e. The summed E-state index contributed by atoms with van der Waals surface area (Å²) in [6, 6.07) is 13.6. The molecule has 4 rings (SSSR count). The quantitative estimate of drug-likeness (QED) is 0.605. The van der Waals surface area contributed by atoms with Crippen LogP contribution >= 0.6 is 0 Å². The fraction of sp³-hybridized carbons (Fsp3) is 0.0952. The topological polar surface area (TPSA) is 68.0 Å². The number of hydrogen-bond acceptors (Lipinski definition) is 4. The van der Waals surface area contributed by atoms with E-state index in [0.29, 0.717) is 12.1 Å². The molecule has 26 heavy (non-hydrogen) atoms. The zero-order valence-corrected chi connectivity index (χ0v) is 14.3. The maximum absolute atomic E-state index is 12.7. The number of rotatable bonds is 4. The van der Waals surface area contributed by atoms with E-state index in [4.69, 9.17) is 4.42 Å². The zero-order valence-electron chi connectivity index (χ0n) is 14.3. The summed E-state index contributed by atoms with van der Waals surface area (Å²) in [6.45, 7) is 2.22. The Balaban J connectivity index is 1.65. The molecule has 0 saturated heterocycles. The molecule has 0 spiro atoms. The molecule has 0 aliphatic heterocycles. The molecule has 0 radical (unpaired) electrons. The van der Waals surface area contributed by atoms with Crippen LogP contribution in [0.1, 0.15) is 21.7 Å². The molecule has 2 heterocycles. The Morgan fingerprint density at radius 2 is 1.88 bits per heavy atom. The highest BCUT2D eigenvalue weighted by Gasteiger charge is 2.13. The third-order valence-electron chi connectivity index (χ3n) is 4.27. The Hall–Kier alpha value is -3.47. The Kier molecular flexibility index (Phi) is 4.19. The van der Waals surface area contributed by atoms with Gasteiger partial charge in [-0.2, -0.15) is 0 Å². The van der Waals surface area contributed by atoms with Crippen LogP contribution in [-0.4, -0.2) is 15.9 Å². The zero-order chi connectivity index (χ0) is 17.9. The van der Waals surface area contributed by atoms with E-state index in [1.54, 1.807) is 24.9 Å². The average molecular weight is 343 g/mol. The summed E-state index contributed by atoms with van der Waals surface area (Å²) in [4.78, 5) is 21.2. The number of aromatic nitrogens is 2. The van der Waals surface area contributed by atoms with Gasteiger partial charge in [0.2, 0.25) is 0 Å². The number of fused-ring (bicyclic) bond motifs is 1. The van der Waals surface area contributed by atoms with Gasteiger partial charge in [0, 0.05) is 17.3 Å². The first-order valence-electron chi connectivity index (χ1n) is 8.32. The van der Waals surface area contributed by atoms with Crippen molar-refractivity contribution in [3.05, 3.63) is 84.3 Å². The fourth-order valence-electron chi connectivity index (χ4n) is 2.94. The van der Waals surface area contributed by atoms with E-state index in [-0.39, 0.29) is 5.91 Å². The first-order chi connectivity index (χ1) is 12.7. The number of nitrogens with one attached hydrogen (secondary N) is 1. The number of amides is 1. The van der Waals surface area contributed by atoms with E-state index in [1.807, 2.05) is 49.4 Å². The van der Waals surface area contributed by atoms with Gasteiger partial charge in [-0.3, -0.25) is 14.8 Å². The van der Waals surface area contributed by atoms with E-state index >= 15 is 0 Å². The molecule has 2 aromatic carbocycles. The number of furan rings is 1. The molecule has 0 unspecified atom stereocenters. The van der Waals surface area contributed by atoms with Gasteiger partial charge in [0.1, 0.15) is 0 Å². The summed E-state index contributed by atoms with van der Waals surface area (Å²) in [5.74, 6) is -0.137. The molecule has 128 valence electrons. The predicted molar refractivity (Wildman–Crippen MR) is 99.6 cm³/mol. The van der Waals surface area contributed by atoms with Crippen molar-refractivity contribution in [3.63, 3.8) is 0 Å². The van der Waals surface area contributed by atoms with Gasteiger partial charge in [-0.05, 0) is 35.4 Å². The van der Waals surface area contributed by atoms with Gasteiger partial charge < -0.3 is 9.73 Å². The second-order valence-electron chi connectivity index (χ2n) is 6.05. The van der Waals surface area contributed by atoms with Crippen molar-refractivity contribution in [2.75, 3.05) is 0 Å². The van der Waals surface area contributed by atoms with Crippen LogP contribution in [0.2, 0.25) is 0 Å². The molecule has 4 aromatic rings. The van der Waals surface area contributed by atoms with Gasteiger partial charge in [-0.25, -0.2) is 0 Å². The lowest BCUT2D eigenvalue weighted by atomic mass is 9.96. The van der Waals surface area contributed by atoms with E-state index in [2.05, 4.69) is 15.3 Å². The van der Waals surface area contributed by atoms with Crippen LogP contribution in [0.4, 0.5) is 0 Å². The summed E-state index contributed by atoms with van der Waals surface area (Å²) in [5, 5.41) is 4.83. The molecule has 0 bridgehead atoms. The molecule has 1 amide bonds. The standard InChI is InChI=1S/C21H17N3O2/c1-14-10-23-16(11-22-14)12-24-21(25)20-7-6-17(15-8-9-26-13-15)18-4-2-3-5-19(18)20/h2-11,13H,12H2,1H3,(H,24,25). The highest BCUT2D eigenvalue weighted by Crippen LogP contribution is 2.31. The molecular formula is C21H17N3O2. The number of carbonyl (C=O) groups excluding carboxylic acids is 1. The molecule has 0 aliphatic rings. The van der Waals surface area contributed by atoms with Crippen molar-refractivity contribution >= 4 is 16.7 Å². The molecule has 5 heteroatoms. The van der Waals surface area contributed by atoms with Crippen LogP contribution in [0.15, 0.2) is 71.8 Å². The lowest BCUT2D eigenvalue weighted by molar-refractivity contribution is 0.0952. The summed E-state index contributed by atoms with van der Waals surface area (Å²) in [7, 11) is 0. The van der Waals surface area contributed by atoms with E-state index in [1.165, 1.54) is 0 Å². The lowest BCUT2D eigenvalue weighted by Gasteiger charge is -2.11. The first-order valence-corrected chi connectivity index (χ1v) is 8.32. The molecule has 0 aliphatic carbocycles. The Morgan fingerprint density at radius 1 is 1.04 bits per heavy atom. The highest BCUT2D eigenvalue weighted by atomic mass is 16.3. The molecule has 2 aromatic heterocycles. The van der Waals surface area contributed by atoms with Gasteiger partial charge in [0.05, 0.1) is 36.7 Å². The number of nitrogens with zero attached hydrogens (tertiary/aromatic N) is 2. The van der Waals surface area contributed by atoms with Crippen molar-refractivity contribution in [1.82, 2.24) is 15.3 Å². The lowest BCUT2D eigenvalue weighted by Crippen LogP contribution is -2.23. The fourth-order valence-corrected chi connectivity index (χ4v) is 2.94. The minimum atomic E-state index is -0.137. The minimum Gasteiger partial charge on any atom is -0.472 e. The maximum Gasteiger partial charge on any atom is 0.252 e. The highest BCUT2D eigenvalue weighted by molar-refractivity contribution is 6.10. The number of aryl methyl sites for hydroxylation is 1. The van der Waals surface area contributed by atoms with Crippen molar-refractivity contribution in [2.45, 2.75) is 13.5 Å². The number of benzene rings is 2. The van der Waals surface area contributed by atoms with Gasteiger partial charge in [-0.1, -0.05) is 30.3 Å². The number of hydrogen-bond donors (Lipinski definition) is 1. The average Bonchev–Trinajstić information content (AvgIpc) is 3.21. The van der Waals surface area contributed by atoms with Crippen molar-refractivity contribution in [1.29, 1.82) is 0 Å². The second kappa shape index (κ2) is 6.80. The molecule has 5 nitrogen and oxygen atoms in total. The second-order valence-corrected chi connectivity index (χ2v) is 6.05. The van der Waals surface area contributed by atoms with E-state index < -0.39 is 0 Å². The van der Waals surface area contributed by atoms with Crippen molar-refractivity contribution in [3.8, 4) is 11.1 Å². The Bertz CT molecular complexity index is 1050. The molecule has 0 saturated carbocycles. The summed E-state index contributed by atoms with van der Waals surface area (Å²) < 4.78 is 5.20. The van der Waals surface area contributed by atoms with Crippen LogP contribution in [-0.2, 0) is 6.54 Å². The normalized spacial score (nSPS) is 10.8. The third kappa shape index (κ3) is 3.07. The number of carbonyl (C=O) groups is 1. The largest absolute Gasteiger partial charge is 0.472 e.